The van der Waals surface area contributed by atoms with Gasteiger partial charge in [-0.3, -0.25) is 0 Å². The first-order chi connectivity index (χ1) is 14.0. The highest BCUT2D eigenvalue weighted by Gasteiger charge is 2.42. The van der Waals surface area contributed by atoms with Crippen LogP contribution in [-0.2, 0) is 0 Å². The van der Waals surface area contributed by atoms with Gasteiger partial charge in [0, 0.05) is 36.3 Å². The van der Waals surface area contributed by atoms with Crippen molar-refractivity contribution in [2.75, 3.05) is 39.3 Å². The van der Waals surface area contributed by atoms with Crippen molar-refractivity contribution < 1.29 is 0 Å². The highest BCUT2D eigenvalue weighted by molar-refractivity contribution is 7.81. The summed E-state index contributed by atoms with van der Waals surface area (Å²) in [6.45, 7) is 25.4. The van der Waals surface area contributed by atoms with Gasteiger partial charge in [0.05, 0.1) is 0 Å². The average molecular weight is 483 g/mol. The van der Waals surface area contributed by atoms with Gasteiger partial charge in [-0.15, -0.1) is 0 Å². The van der Waals surface area contributed by atoms with Crippen molar-refractivity contribution in [3.8, 4) is 0 Å². The quantitative estimate of drug-likeness (QED) is 0.443. The molecule has 0 aromatic heterocycles. The zero-order chi connectivity index (χ0) is 23.5. The van der Waals surface area contributed by atoms with Crippen LogP contribution in [0.1, 0.15) is 62.3 Å². The molecule has 3 rings (SSSR count). The summed E-state index contributed by atoms with van der Waals surface area (Å²) in [4.78, 5) is 14.0. The Kier molecular flexibility index (Phi) is 6.53. The molecule has 1 radical (unpaired) electrons. The van der Waals surface area contributed by atoms with E-state index in [1.165, 1.54) is 0 Å². The number of thiocarbonyl (C=S) groups is 3. The van der Waals surface area contributed by atoms with Gasteiger partial charge in [-0.1, -0.05) is 0 Å². The molecule has 3 aliphatic heterocycles. The number of hydrogen-bond donors (Lipinski definition) is 0. The van der Waals surface area contributed by atoms with E-state index >= 15 is 0 Å². The first-order valence-electron chi connectivity index (χ1n) is 11.3. The first-order valence-corrected chi connectivity index (χ1v) is 12.5. The summed E-state index contributed by atoms with van der Waals surface area (Å²) < 4.78 is 0. The van der Waals surface area contributed by atoms with E-state index in [2.05, 4.69) is 91.4 Å². The lowest BCUT2D eigenvalue weighted by atomic mass is 9.84. The average Bonchev–Trinajstić information content (AvgIpc) is 3.26. The van der Waals surface area contributed by atoms with E-state index in [-0.39, 0.29) is 23.7 Å². The van der Waals surface area contributed by atoms with Crippen LogP contribution in [0.25, 0.3) is 0 Å². The predicted molar refractivity (Wildman–Crippen MR) is 143 cm³/mol. The molecule has 3 heterocycles. The van der Waals surface area contributed by atoms with Gasteiger partial charge in [-0.25, -0.2) is 0 Å². The Bertz CT molecular complexity index is 654. The second-order valence-corrected chi connectivity index (χ2v) is 12.8. The zero-order valence-corrected chi connectivity index (χ0v) is 23.2. The van der Waals surface area contributed by atoms with Crippen LogP contribution in [0.4, 0.5) is 0 Å². The molecule has 0 spiro atoms. The number of rotatable bonds is 3. The van der Waals surface area contributed by atoms with E-state index in [9.17, 15) is 0 Å². The summed E-state index contributed by atoms with van der Waals surface area (Å²) in [7, 11) is -0.0838. The van der Waals surface area contributed by atoms with Crippen LogP contribution in [0.5, 0.6) is 0 Å². The maximum atomic E-state index is 6.03. The lowest BCUT2D eigenvalue weighted by Crippen LogP contribution is -2.66. The fourth-order valence-corrected chi connectivity index (χ4v) is 6.33. The second-order valence-electron chi connectivity index (χ2n) is 11.7. The normalized spacial score (nSPS) is 21.7. The van der Waals surface area contributed by atoms with Crippen molar-refractivity contribution in [1.29, 1.82) is 0 Å². The summed E-state index contributed by atoms with van der Waals surface area (Å²) in [5.74, 6) is 0. The van der Waals surface area contributed by atoms with Gasteiger partial charge in [-0.05, 0) is 119 Å². The van der Waals surface area contributed by atoms with Crippen molar-refractivity contribution in [3.05, 3.63) is 0 Å². The Hall–Kier alpha value is -0.865. The molecule has 0 saturated carbocycles. The SMILES string of the molecule is CC(C)(C)N1CCN([B-](N2CCN(C(C)(C)C)C2=S)N2CCN(C(C)(C)C)C2=S)C1=S. The van der Waals surface area contributed by atoms with Crippen LogP contribution < -0.4 is 0 Å². The zero-order valence-electron chi connectivity index (χ0n) is 20.7. The fraction of sp³-hybridized carbons (Fsp3) is 0.857. The summed E-state index contributed by atoms with van der Waals surface area (Å²) in [5.41, 5.74) is -0.0348. The van der Waals surface area contributed by atoms with E-state index < -0.39 is 0 Å². The molecule has 31 heavy (non-hydrogen) atoms. The van der Waals surface area contributed by atoms with Gasteiger partial charge in [0.25, 0.3) is 0 Å². The third-order valence-electron chi connectivity index (χ3n) is 6.39. The van der Waals surface area contributed by atoms with E-state index in [4.69, 9.17) is 36.7 Å². The Labute approximate surface area is 206 Å². The molecule has 0 aromatic rings. The molecule has 0 aromatic carbocycles. The lowest BCUT2D eigenvalue weighted by Gasteiger charge is -2.55. The molecule has 0 bridgehead atoms. The van der Waals surface area contributed by atoms with Gasteiger partial charge in [-0.2, -0.15) is 0 Å². The van der Waals surface area contributed by atoms with Crippen LogP contribution in [0.2, 0.25) is 0 Å². The summed E-state index contributed by atoms with van der Waals surface area (Å²) in [6, 6.07) is 0. The minimum absolute atomic E-state index is 0.0116. The molecule has 0 N–H and O–H groups in total. The molecular weight excluding hydrogens is 443 g/mol. The topological polar surface area (TPSA) is 19.4 Å². The van der Waals surface area contributed by atoms with Crippen LogP contribution in [0, 0.1) is 0 Å². The van der Waals surface area contributed by atoms with Crippen molar-refractivity contribution in [2.24, 2.45) is 0 Å². The highest BCUT2D eigenvalue weighted by atomic mass is 32.1. The molecule has 3 fully saturated rings. The van der Waals surface area contributed by atoms with Crippen molar-refractivity contribution in [2.45, 2.75) is 78.9 Å². The molecule has 0 aliphatic carbocycles. The van der Waals surface area contributed by atoms with E-state index in [1.807, 2.05) is 0 Å². The van der Waals surface area contributed by atoms with Gasteiger partial charge >= 0.3 is 0 Å². The molecule has 3 aliphatic rings. The van der Waals surface area contributed by atoms with Crippen molar-refractivity contribution >= 4 is 59.1 Å². The van der Waals surface area contributed by atoms with Crippen LogP contribution in [0.3, 0.4) is 0 Å². The maximum absolute atomic E-state index is 6.03. The van der Waals surface area contributed by atoms with Crippen molar-refractivity contribution in [3.63, 3.8) is 0 Å². The first kappa shape index (κ1) is 24.8. The predicted octanol–water partition coefficient (Wildman–Crippen LogP) is 3.07. The summed E-state index contributed by atoms with van der Waals surface area (Å²) >= 11 is 18.1. The summed E-state index contributed by atoms with van der Waals surface area (Å²) in [5, 5.41) is 2.68. The van der Waals surface area contributed by atoms with E-state index in [1.54, 1.807) is 0 Å². The standard InChI is InChI=1S/C21H39BN6S3/c1-19(2,3)23-10-13-26(16(23)29)22(27-14-11-24(17(27)30)20(4,5)6)28-15-12-25(18(28)31)21(7,8)9/h10-15H2,1-9H3/q-1. The van der Waals surface area contributed by atoms with Gasteiger partial charge in [0.1, 0.15) is 15.3 Å². The summed E-state index contributed by atoms with van der Waals surface area (Å²) in [6.07, 6.45) is 0. The molecule has 0 amide bonds. The Morgan fingerprint density at radius 3 is 0.871 bits per heavy atom. The van der Waals surface area contributed by atoms with Crippen LogP contribution in [0.15, 0.2) is 0 Å². The minimum Gasteiger partial charge on any atom is -0.507 e. The van der Waals surface area contributed by atoms with Crippen molar-refractivity contribution in [1.82, 2.24) is 29.1 Å². The molecule has 3 saturated heterocycles. The van der Waals surface area contributed by atoms with E-state index in [0.717, 1.165) is 54.6 Å². The molecular formula is C21H39BN6S3-. The third-order valence-corrected chi connectivity index (χ3v) is 7.75. The Morgan fingerprint density at radius 2 is 0.710 bits per heavy atom. The fourth-order valence-electron chi connectivity index (χ4n) is 4.68. The molecule has 0 atom stereocenters. The minimum atomic E-state index is -0.0838. The second kappa shape index (κ2) is 8.17. The van der Waals surface area contributed by atoms with Crippen LogP contribution >= 0.6 is 36.7 Å². The number of nitrogens with zero attached hydrogens (tertiary/aromatic N) is 6. The Morgan fingerprint density at radius 1 is 0.484 bits per heavy atom. The van der Waals surface area contributed by atoms with Gasteiger partial charge < -0.3 is 29.1 Å². The lowest BCUT2D eigenvalue weighted by molar-refractivity contribution is 0.263. The molecule has 6 nitrogen and oxygen atoms in total. The third kappa shape index (κ3) is 4.62. The molecule has 175 valence electrons. The van der Waals surface area contributed by atoms with Crippen LogP contribution in [-0.4, -0.2) is 107 Å². The largest absolute Gasteiger partial charge is 0.507 e. The maximum Gasteiger partial charge on any atom is 0.195 e. The molecule has 0 unspecified atom stereocenters. The van der Waals surface area contributed by atoms with Gasteiger partial charge in [0.2, 0.25) is 0 Å². The number of hydrogen-bond acceptors (Lipinski definition) is 3. The monoisotopic (exact) mass is 482 g/mol. The van der Waals surface area contributed by atoms with E-state index in [0.29, 0.717) is 0 Å². The van der Waals surface area contributed by atoms with Gasteiger partial charge in [0.15, 0.2) is 7.12 Å². The Balaban J connectivity index is 1.96. The smallest absolute Gasteiger partial charge is 0.195 e. The highest BCUT2D eigenvalue weighted by Crippen LogP contribution is 2.30. The molecule has 10 heteroatoms.